The summed E-state index contributed by atoms with van der Waals surface area (Å²) in [6.45, 7) is 2.06. The molecule has 122 valence electrons. The third-order valence-corrected chi connectivity index (χ3v) is 5.84. The lowest BCUT2D eigenvalue weighted by atomic mass is 9.95. The molecule has 1 aliphatic heterocycles. The van der Waals surface area contributed by atoms with Gasteiger partial charge in [0, 0.05) is 25.2 Å². The van der Waals surface area contributed by atoms with E-state index < -0.39 is 27.7 Å². The Kier molecular flexibility index (Phi) is 5.12. The third kappa shape index (κ3) is 3.44. The number of hydrogen-bond acceptors (Lipinski definition) is 3. The number of amides is 1. The van der Waals surface area contributed by atoms with Crippen molar-refractivity contribution in [2.75, 3.05) is 18.8 Å². The summed E-state index contributed by atoms with van der Waals surface area (Å²) in [5.74, 6) is -1.46. The summed E-state index contributed by atoms with van der Waals surface area (Å²) >= 11 is 0. The number of carbonyl (C=O) groups excluding carboxylic acids is 1. The Morgan fingerprint density at radius 2 is 2.14 bits per heavy atom. The van der Waals surface area contributed by atoms with E-state index in [1.807, 2.05) is 0 Å². The van der Waals surface area contributed by atoms with Gasteiger partial charge in [-0.2, -0.15) is 4.31 Å². The zero-order chi connectivity index (χ0) is 16.3. The SMILES string of the molecule is CC1c2cc(F)cc(F)c2CCN1S(=O)(=O)CCCNC=O. The molecule has 2 rings (SSSR count). The standard InChI is InChI=1S/C14H18F2N2O3S/c1-10-13-7-11(15)8-14(16)12(13)3-5-18(10)22(20,21)6-2-4-17-9-19/h7-10H,2-6H2,1H3,(H,17,19). The van der Waals surface area contributed by atoms with Gasteiger partial charge >= 0.3 is 0 Å². The molecule has 0 saturated heterocycles. The van der Waals surface area contributed by atoms with Gasteiger partial charge in [-0.1, -0.05) is 0 Å². The highest BCUT2D eigenvalue weighted by atomic mass is 32.2. The Hall–Kier alpha value is -1.54. The van der Waals surface area contributed by atoms with Crippen LogP contribution < -0.4 is 5.32 Å². The maximum atomic E-state index is 13.8. The maximum Gasteiger partial charge on any atom is 0.214 e. The number of nitrogens with zero attached hydrogens (tertiary/aromatic N) is 1. The smallest absolute Gasteiger partial charge is 0.214 e. The van der Waals surface area contributed by atoms with E-state index in [2.05, 4.69) is 5.32 Å². The normalized spacial score (nSPS) is 18.8. The zero-order valence-electron chi connectivity index (χ0n) is 12.2. The van der Waals surface area contributed by atoms with Crippen molar-refractivity contribution >= 4 is 16.4 Å². The fourth-order valence-corrected chi connectivity index (χ4v) is 4.45. The molecule has 0 bridgehead atoms. The average Bonchev–Trinajstić information content (AvgIpc) is 2.44. The first-order chi connectivity index (χ1) is 10.4. The van der Waals surface area contributed by atoms with Crippen LogP contribution in [0, 0.1) is 11.6 Å². The molecule has 1 aromatic rings. The van der Waals surface area contributed by atoms with Crippen molar-refractivity contribution in [1.82, 2.24) is 9.62 Å². The van der Waals surface area contributed by atoms with Crippen molar-refractivity contribution in [1.29, 1.82) is 0 Å². The van der Waals surface area contributed by atoms with Crippen molar-refractivity contribution in [2.24, 2.45) is 0 Å². The number of carbonyl (C=O) groups is 1. The molecule has 1 aliphatic rings. The van der Waals surface area contributed by atoms with E-state index in [-0.39, 0.29) is 31.7 Å². The number of rotatable bonds is 6. The molecule has 0 fully saturated rings. The average molecular weight is 332 g/mol. The fourth-order valence-electron chi connectivity index (χ4n) is 2.74. The second kappa shape index (κ2) is 6.70. The van der Waals surface area contributed by atoms with Crippen LogP contribution in [0.4, 0.5) is 8.78 Å². The number of sulfonamides is 1. The molecular weight excluding hydrogens is 314 g/mol. The highest BCUT2D eigenvalue weighted by Crippen LogP contribution is 2.33. The van der Waals surface area contributed by atoms with E-state index >= 15 is 0 Å². The Bertz CT molecular complexity index is 664. The van der Waals surface area contributed by atoms with Crippen LogP contribution in [0.1, 0.15) is 30.5 Å². The first-order valence-electron chi connectivity index (χ1n) is 7.01. The summed E-state index contributed by atoms with van der Waals surface area (Å²) in [5, 5.41) is 2.40. The number of hydrogen-bond donors (Lipinski definition) is 1. The lowest BCUT2D eigenvalue weighted by Crippen LogP contribution is -2.40. The molecule has 0 aromatic heterocycles. The Morgan fingerprint density at radius 1 is 1.41 bits per heavy atom. The minimum absolute atomic E-state index is 0.120. The second-order valence-electron chi connectivity index (χ2n) is 5.23. The molecule has 0 saturated carbocycles. The van der Waals surface area contributed by atoms with E-state index in [1.165, 1.54) is 10.4 Å². The van der Waals surface area contributed by atoms with E-state index in [0.717, 1.165) is 6.07 Å². The van der Waals surface area contributed by atoms with Crippen LogP contribution in [0.5, 0.6) is 0 Å². The Labute approximate surface area is 128 Å². The quantitative estimate of drug-likeness (QED) is 0.632. The van der Waals surface area contributed by atoms with Gasteiger partial charge < -0.3 is 5.32 Å². The number of benzene rings is 1. The molecule has 22 heavy (non-hydrogen) atoms. The van der Waals surface area contributed by atoms with Crippen LogP contribution in [-0.2, 0) is 21.2 Å². The fraction of sp³-hybridized carbons (Fsp3) is 0.500. The molecule has 1 amide bonds. The van der Waals surface area contributed by atoms with Gasteiger partial charge in [0.25, 0.3) is 0 Å². The van der Waals surface area contributed by atoms with E-state index in [4.69, 9.17) is 0 Å². The summed E-state index contributed by atoms with van der Waals surface area (Å²) in [6, 6.07) is 1.40. The largest absolute Gasteiger partial charge is 0.359 e. The van der Waals surface area contributed by atoms with Crippen molar-refractivity contribution in [2.45, 2.75) is 25.8 Å². The Balaban J connectivity index is 2.19. The predicted molar refractivity (Wildman–Crippen MR) is 77.7 cm³/mol. The van der Waals surface area contributed by atoms with Gasteiger partial charge in [0.1, 0.15) is 11.6 Å². The van der Waals surface area contributed by atoms with Crippen molar-refractivity contribution in [3.05, 3.63) is 34.9 Å². The summed E-state index contributed by atoms with van der Waals surface area (Å²) in [7, 11) is -3.55. The summed E-state index contributed by atoms with van der Waals surface area (Å²) in [4.78, 5) is 10.1. The number of nitrogens with one attached hydrogen (secondary N) is 1. The Morgan fingerprint density at radius 3 is 2.82 bits per heavy atom. The van der Waals surface area contributed by atoms with E-state index in [1.54, 1.807) is 6.92 Å². The van der Waals surface area contributed by atoms with Gasteiger partial charge in [-0.15, -0.1) is 0 Å². The lowest BCUT2D eigenvalue weighted by molar-refractivity contribution is -0.109. The lowest BCUT2D eigenvalue weighted by Gasteiger charge is -2.34. The molecule has 1 heterocycles. The topological polar surface area (TPSA) is 66.5 Å². The summed E-state index contributed by atoms with van der Waals surface area (Å²) < 4.78 is 53.2. The van der Waals surface area contributed by atoms with Gasteiger partial charge in [0.05, 0.1) is 5.75 Å². The molecule has 8 heteroatoms. The highest BCUT2D eigenvalue weighted by Gasteiger charge is 2.33. The molecule has 0 aliphatic carbocycles. The van der Waals surface area contributed by atoms with Gasteiger partial charge in [-0.3, -0.25) is 4.79 Å². The number of halogens is 2. The molecule has 0 radical (unpaired) electrons. The molecule has 1 unspecified atom stereocenters. The second-order valence-corrected chi connectivity index (χ2v) is 7.27. The first-order valence-corrected chi connectivity index (χ1v) is 8.62. The molecule has 1 aromatic carbocycles. The predicted octanol–water partition coefficient (Wildman–Crippen LogP) is 1.35. The minimum Gasteiger partial charge on any atom is -0.359 e. The van der Waals surface area contributed by atoms with Crippen LogP contribution >= 0.6 is 0 Å². The highest BCUT2D eigenvalue weighted by molar-refractivity contribution is 7.89. The molecule has 1 atom stereocenters. The molecule has 5 nitrogen and oxygen atoms in total. The molecule has 1 N–H and O–H groups in total. The molecule has 0 spiro atoms. The van der Waals surface area contributed by atoms with Gasteiger partial charge in [0.15, 0.2) is 0 Å². The van der Waals surface area contributed by atoms with Crippen molar-refractivity contribution in [3.63, 3.8) is 0 Å². The number of fused-ring (bicyclic) bond motifs is 1. The summed E-state index contributed by atoms with van der Waals surface area (Å²) in [6.07, 6.45) is 1.02. The van der Waals surface area contributed by atoms with Crippen LogP contribution in [0.2, 0.25) is 0 Å². The van der Waals surface area contributed by atoms with Gasteiger partial charge in [-0.05, 0) is 37.0 Å². The van der Waals surface area contributed by atoms with Crippen LogP contribution in [0.15, 0.2) is 12.1 Å². The van der Waals surface area contributed by atoms with Crippen LogP contribution in [-0.4, -0.2) is 38.0 Å². The summed E-state index contributed by atoms with van der Waals surface area (Å²) in [5.41, 5.74) is 0.751. The van der Waals surface area contributed by atoms with E-state index in [9.17, 15) is 22.0 Å². The third-order valence-electron chi connectivity index (χ3n) is 3.82. The minimum atomic E-state index is -3.55. The van der Waals surface area contributed by atoms with Crippen LogP contribution in [0.25, 0.3) is 0 Å². The van der Waals surface area contributed by atoms with Crippen molar-refractivity contribution in [3.8, 4) is 0 Å². The maximum absolute atomic E-state index is 13.8. The first kappa shape index (κ1) is 16.8. The zero-order valence-corrected chi connectivity index (χ0v) is 13.0. The van der Waals surface area contributed by atoms with E-state index in [0.29, 0.717) is 17.5 Å². The van der Waals surface area contributed by atoms with Crippen LogP contribution in [0.3, 0.4) is 0 Å². The monoisotopic (exact) mass is 332 g/mol. The van der Waals surface area contributed by atoms with Crippen molar-refractivity contribution < 1.29 is 22.0 Å². The van der Waals surface area contributed by atoms with Gasteiger partial charge in [-0.25, -0.2) is 17.2 Å². The van der Waals surface area contributed by atoms with Gasteiger partial charge in [0.2, 0.25) is 16.4 Å². The molecular formula is C14H18F2N2O3S.